The van der Waals surface area contributed by atoms with Gasteiger partial charge < -0.3 is 20.0 Å². The molecule has 0 fully saturated rings. The molecule has 3 aromatic carbocycles. The summed E-state index contributed by atoms with van der Waals surface area (Å²) in [4.78, 5) is 13.0. The Morgan fingerprint density at radius 2 is 1.21 bits per heavy atom. The number of para-hydroxylation sites is 5. The normalized spacial score (nSPS) is 10.5. The maximum Gasteiger partial charge on any atom is 1.00 e. The Hall–Kier alpha value is -1.50. The number of aryl methyl sites for hydroxylation is 2. The molecular weight excluding hydrogens is 647 g/mol. The van der Waals surface area contributed by atoms with Gasteiger partial charge in [-0.05, 0) is 55.5 Å². The molecule has 0 amide bonds. The molecule has 0 saturated heterocycles. The number of halogens is 2. The SMILES string of the molecule is BrCCCBr.C1=Nc2ccccc2C1.C=N.[K+].[OH-].c1ccc2c(c1)ncn2CCCn1cnc2ccccc21. The van der Waals surface area contributed by atoms with Crippen LogP contribution in [0.25, 0.3) is 22.1 Å². The van der Waals surface area contributed by atoms with Gasteiger partial charge in [-0.1, -0.05) is 74.3 Å². The largest absolute Gasteiger partial charge is 1.00 e. The first-order chi connectivity index (χ1) is 18.3. The van der Waals surface area contributed by atoms with E-state index < -0.39 is 0 Å². The predicted molar refractivity (Wildman–Crippen MR) is 166 cm³/mol. The standard InChI is InChI=1S/C17H16N4.C8H7N.C3H6Br2.CH3N.K.H2O/c1-3-8-16-14(6-1)18-12-20(16)10-5-11-21-13-19-15-7-2-4-9-17(15)21;1-2-4-8-7(3-1)5-6-9-8;4-2-1-3-5;1-2;;/h1-4,6-9,12-13H,5,10-11H2;1-4,6H,5H2;1-3H2;2H,1H2;;1H2/q;;;;+1;/p-1. The van der Waals surface area contributed by atoms with Gasteiger partial charge in [-0.25, -0.2) is 9.97 Å². The molecule has 1 aliphatic rings. The van der Waals surface area contributed by atoms with Crippen molar-refractivity contribution in [3.63, 3.8) is 0 Å². The number of alkyl halides is 2. The minimum Gasteiger partial charge on any atom is -0.870 e. The minimum absolute atomic E-state index is 0. The second-order valence-electron chi connectivity index (χ2n) is 8.08. The van der Waals surface area contributed by atoms with Gasteiger partial charge in [-0.3, -0.25) is 4.99 Å². The van der Waals surface area contributed by atoms with Crippen LogP contribution in [0.1, 0.15) is 18.4 Å². The van der Waals surface area contributed by atoms with Crippen LogP contribution in [0, 0.1) is 5.41 Å². The second-order valence-corrected chi connectivity index (χ2v) is 9.67. The van der Waals surface area contributed by atoms with Gasteiger partial charge in [0.05, 0.1) is 40.4 Å². The van der Waals surface area contributed by atoms with E-state index in [1.165, 1.54) is 23.0 Å². The van der Waals surface area contributed by atoms with E-state index in [0.29, 0.717) is 0 Å². The monoisotopic (exact) mass is 678 g/mol. The molecule has 0 saturated carbocycles. The number of aliphatic imine (C=N–C) groups is 1. The molecule has 0 atom stereocenters. The Kier molecular flexibility index (Phi) is 18.6. The number of nitrogens with zero attached hydrogens (tertiary/aromatic N) is 5. The van der Waals surface area contributed by atoms with Crippen LogP contribution in [-0.2, 0) is 19.5 Å². The third-order valence-electron chi connectivity index (χ3n) is 5.65. The molecule has 0 radical (unpaired) electrons. The third kappa shape index (κ3) is 10.8. The van der Waals surface area contributed by atoms with Crippen molar-refractivity contribution in [3.8, 4) is 0 Å². The Labute approximate surface area is 289 Å². The fraction of sp³-hybridized carbons (Fsp3) is 0.241. The molecule has 3 heterocycles. The van der Waals surface area contributed by atoms with Gasteiger partial charge in [0, 0.05) is 36.4 Å². The molecule has 10 heteroatoms. The van der Waals surface area contributed by atoms with Crippen LogP contribution in [0.15, 0.2) is 90.4 Å². The van der Waals surface area contributed by atoms with E-state index in [0.717, 1.165) is 53.3 Å². The molecule has 5 aromatic rings. The summed E-state index contributed by atoms with van der Waals surface area (Å²) in [5.74, 6) is 0. The van der Waals surface area contributed by atoms with Crippen molar-refractivity contribution in [1.82, 2.24) is 19.1 Å². The molecule has 0 bridgehead atoms. The summed E-state index contributed by atoms with van der Waals surface area (Å²) in [7, 11) is 0. The van der Waals surface area contributed by atoms with Crippen LogP contribution in [0.2, 0.25) is 0 Å². The van der Waals surface area contributed by atoms with Gasteiger partial charge >= 0.3 is 51.4 Å². The average Bonchev–Trinajstić information content (AvgIpc) is 3.70. The van der Waals surface area contributed by atoms with Crippen molar-refractivity contribution in [2.24, 2.45) is 4.99 Å². The van der Waals surface area contributed by atoms with Gasteiger partial charge in [0.25, 0.3) is 0 Å². The number of fused-ring (bicyclic) bond motifs is 3. The zero-order valence-corrected chi connectivity index (χ0v) is 28.6. The number of nitrogens with one attached hydrogen (secondary N) is 1. The van der Waals surface area contributed by atoms with Crippen molar-refractivity contribution in [2.75, 3.05) is 10.7 Å². The van der Waals surface area contributed by atoms with E-state index in [-0.39, 0.29) is 56.9 Å². The van der Waals surface area contributed by atoms with Gasteiger partial charge in [0.2, 0.25) is 0 Å². The number of rotatable bonds is 6. The van der Waals surface area contributed by atoms with E-state index in [4.69, 9.17) is 5.41 Å². The first-order valence-electron chi connectivity index (χ1n) is 12.2. The van der Waals surface area contributed by atoms with Gasteiger partial charge in [-0.2, -0.15) is 0 Å². The van der Waals surface area contributed by atoms with Crippen molar-refractivity contribution in [2.45, 2.75) is 32.4 Å². The zero-order chi connectivity index (χ0) is 26.3. The maximum atomic E-state index is 5.50. The summed E-state index contributed by atoms with van der Waals surface area (Å²) in [6.07, 6.45) is 9.09. The molecule has 7 nitrogen and oxygen atoms in total. The molecule has 0 spiro atoms. The summed E-state index contributed by atoms with van der Waals surface area (Å²) in [6.45, 7) is 4.43. The Balaban J connectivity index is 0.000000353. The van der Waals surface area contributed by atoms with Gasteiger partial charge in [0.15, 0.2) is 0 Å². The van der Waals surface area contributed by atoms with Crippen molar-refractivity contribution in [1.29, 1.82) is 5.41 Å². The summed E-state index contributed by atoms with van der Waals surface area (Å²) in [5, 5.41) is 7.72. The van der Waals surface area contributed by atoms with Crippen molar-refractivity contribution < 1.29 is 56.9 Å². The van der Waals surface area contributed by atoms with Crippen LogP contribution in [0.4, 0.5) is 5.69 Å². The van der Waals surface area contributed by atoms with Gasteiger partial charge in [-0.15, -0.1) is 0 Å². The Morgan fingerprint density at radius 1 is 0.718 bits per heavy atom. The molecule has 2 N–H and O–H groups in total. The van der Waals surface area contributed by atoms with Crippen LogP contribution in [0.5, 0.6) is 0 Å². The van der Waals surface area contributed by atoms with E-state index >= 15 is 0 Å². The molecule has 200 valence electrons. The molecule has 6 rings (SSSR count). The van der Waals surface area contributed by atoms with E-state index in [1.54, 1.807) is 0 Å². The van der Waals surface area contributed by atoms with Crippen molar-refractivity contribution in [3.05, 3.63) is 91.0 Å². The summed E-state index contributed by atoms with van der Waals surface area (Å²) < 4.78 is 4.43. The second kappa shape index (κ2) is 20.4. The zero-order valence-electron chi connectivity index (χ0n) is 22.3. The molecule has 39 heavy (non-hydrogen) atoms. The maximum absolute atomic E-state index is 5.50. The summed E-state index contributed by atoms with van der Waals surface area (Å²) in [5.41, 5.74) is 7.01. The fourth-order valence-electron chi connectivity index (χ4n) is 3.89. The first-order valence-corrected chi connectivity index (χ1v) is 14.4. The smallest absolute Gasteiger partial charge is 0.870 e. The molecule has 0 aliphatic carbocycles. The van der Waals surface area contributed by atoms with Crippen LogP contribution < -0.4 is 51.4 Å². The van der Waals surface area contributed by atoms with Crippen LogP contribution >= 0.6 is 31.9 Å². The topological polar surface area (TPSA) is 102 Å². The molecule has 0 unspecified atom stereocenters. The van der Waals surface area contributed by atoms with E-state index in [2.05, 4.69) is 105 Å². The number of hydrogen-bond acceptors (Lipinski definition) is 5. The van der Waals surface area contributed by atoms with Crippen LogP contribution in [-0.4, -0.2) is 48.2 Å². The summed E-state index contributed by atoms with van der Waals surface area (Å²) in [6, 6.07) is 24.7. The Bertz CT molecular complexity index is 1330. The molecular formula is C29H33Br2KN6O. The molecule has 2 aromatic heterocycles. The van der Waals surface area contributed by atoms with E-state index in [9.17, 15) is 0 Å². The first kappa shape index (κ1) is 35.5. The Morgan fingerprint density at radius 3 is 1.69 bits per heavy atom. The minimum atomic E-state index is 0. The quantitative estimate of drug-likeness (QED) is 0.160. The number of hydrogen-bond donors (Lipinski definition) is 1. The number of imidazole rings is 2. The molecule has 1 aliphatic heterocycles. The van der Waals surface area contributed by atoms with Crippen LogP contribution in [0.3, 0.4) is 0 Å². The van der Waals surface area contributed by atoms with Gasteiger partial charge in [0.1, 0.15) is 0 Å². The number of benzene rings is 3. The third-order valence-corrected chi connectivity index (χ3v) is 6.77. The average molecular weight is 681 g/mol. The fourth-order valence-corrected chi connectivity index (χ4v) is 5.20. The van der Waals surface area contributed by atoms with E-state index in [1.807, 2.05) is 49.2 Å². The predicted octanol–water partition coefficient (Wildman–Crippen LogP) is 4.68. The summed E-state index contributed by atoms with van der Waals surface area (Å²) >= 11 is 6.56. The van der Waals surface area contributed by atoms with Crippen molar-refractivity contribution >= 4 is 72.5 Å². The number of aromatic nitrogens is 4.